The Labute approximate surface area is 82.5 Å². The average Bonchev–Trinajstić information content (AvgIpc) is 2.09. The molecule has 0 bridgehead atoms. The fourth-order valence-corrected chi connectivity index (χ4v) is 1.71. The Balaban J connectivity index is 3.60. The molecule has 0 saturated carbocycles. The number of hydrogen-bond donors (Lipinski definition) is 2. The topological polar surface area (TPSA) is 46.2 Å². The molecule has 0 fully saturated rings. The number of rotatable bonds is 8. The maximum Gasteiger partial charge on any atom is 0.102 e. The van der Waals surface area contributed by atoms with Crippen LogP contribution in [-0.4, -0.2) is 11.3 Å². The van der Waals surface area contributed by atoms with Gasteiger partial charge in [0.15, 0.2) is 0 Å². The summed E-state index contributed by atoms with van der Waals surface area (Å²) in [5, 5.41) is 9.10. The molecule has 0 aliphatic heterocycles. The highest BCUT2D eigenvalue weighted by Gasteiger charge is 2.10. The summed E-state index contributed by atoms with van der Waals surface area (Å²) in [5.41, 5.74) is 5.39. The van der Waals surface area contributed by atoms with Crippen LogP contribution in [0.5, 0.6) is 0 Å². The summed E-state index contributed by atoms with van der Waals surface area (Å²) in [5.74, 6) is 0.639. The molecule has 0 rings (SSSR count). The van der Waals surface area contributed by atoms with E-state index in [4.69, 9.17) is 10.8 Å². The van der Waals surface area contributed by atoms with Crippen LogP contribution >= 0.6 is 0 Å². The van der Waals surface area contributed by atoms with Crippen LogP contribution in [-0.2, 0) is 0 Å². The minimum absolute atomic E-state index is 0.612. The van der Waals surface area contributed by atoms with Crippen molar-refractivity contribution in [1.29, 1.82) is 0 Å². The number of aliphatic hydroxyl groups is 1. The molecule has 0 aromatic heterocycles. The average molecular weight is 187 g/mol. The Hall–Kier alpha value is -0.0800. The molecule has 13 heavy (non-hydrogen) atoms. The molecule has 0 spiro atoms. The third-order valence-corrected chi connectivity index (χ3v) is 2.51. The molecule has 0 aromatic carbocycles. The van der Waals surface area contributed by atoms with Crippen molar-refractivity contribution < 1.29 is 5.11 Å². The molecule has 80 valence electrons. The van der Waals surface area contributed by atoms with Crippen molar-refractivity contribution in [3.05, 3.63) is 0 Å². The lowest BCUT2D eigenvalue weighted by atomic mass is 9.92. The van der Waals surface area contributed by atoms with Crippen LogP contribution < -0.4 is 5.73 Å². The summed E-state index contributed by atoms with van der Waals surface area (Å²) >= 11 is 0. The van der Waals surface area contributed by atoms with Crippen LogP contribution in [0.2, 0.25) is 0 Å². The summed E-state index contributed by atoms with van der Waals surface area (Å²) in [6.07, 6.45) is 7.63. The minimum Gasteiger partial charge on any atom is -0.379 e. The smallest absolute Gasteiger partial charge is 0.102 e. The van der Waals surface area contributed by atoms with Gasteiger partial charge < -0.3 is 10.8 Å². The Morgan fingerprint density at radius 2 is 1.54 bits per heavy atom. The first kappa shape index (κ1) is 12.9. The molecule has 0 aliphatic rings. The summed E-state index contributed by atoms with van der Waals surface area (Å²) in [6.45, 7) is 4.41. The first-order valence-electron chi connectivity index (χ1n) is 5.64. The summed E-state index contributed by atoms with van der Waals surface area (Å²) in [4.78, 5) is 0. The van der Waals surface area contributed by atoms with Crippen molar-refractivity contribution in [3.63, 3.8) is 0 Å². The fraction of sp³-hybridized carbons (Fsp3) is 1.00. The predicted octanol–water partition coefficient (Wildman–Crippen LogP) is 2.65. The van der Waals surface area contributed by atoms with Crippen molar-refractivity contribution in [1.82, 2.24) is 0 Å². The molecule has 0 heterocycles. The van der Waals surface area contributed by atoms with E-state index in [-0.39, 0.29) is 0 Å². The van der Waals surface area contributed by atoms with E-state index in [1.165, 1.54) is 38.5 Å². The van der Waals surface area contributed by atoms with Gasteiger partial charge in [-0.15, -0.1) is 0 Å². The van der Waals surface area contributed by atoms with Gasteiger partial charge in [-0.2, -0.15) is 0 Å². The Bertz CT molecular complexity index is 96.3. The van der Waals surface area contributed by atoms with Gasteiger partial charge in [-0.3, -0.25) is 0 Å². The van der Waals surface area contributed by atoms with Crippen LogP contribution in [0, 0.1) is 5.92 Å². The first-order valence-corrected chi connectivity index (χ1v) is 5.64. The number of hydrogen-bond acceptors (Lipinski definition) is 2. The molecular weight excluding hydrogens is 162 g/mol. The van der Waals surface area contributed by atoms with Crippen molar-refractivity contribution in [2.75, 3.05) is 0 Å². The van der Waals surface area contributed by atoms with E-state index in [9.17, 15) is 0 Å². The van der Waals surface area contributed by atoms with Crippen molar-refractivity contribution >= 4 is 0 Å². The zero-order valence-electron chi connectivity index (χ0n) is 9.13. The van der Waals surface area contributed by atoms with Gasteiger partial charge in [-0.1, -0.05) is 52.4 Å². The molecule has 3 N–H and O–H groups in total. The van der Waals surface area contributed by atoms with Crippen LogP contribution in [0.1, 0.15) is 58.8 Å². The van der Waals surface area contributed by atoms with E-state index < -0.39 is 6.23 Å². The number of unbranched alkanes of at least 4 members (excludes halogenated alkanes) is 2. The monoisotopic (exact) mass is 187 g/mol. The molecule has 2 heteroatoms. The quantitative estimate of drug-likeness (QED) is 0.574. The highest BCUT2D eigenvalue weighted by molar-refractivity contribution is 4.62. The van der Waals surface area contributed by atoms with Gasteiger partial charge in [0.05, 0.1) is 0 Å². The molecule has 0 radical (unpaired) electrons. The van der Waals surface area contributed by atoms with Crippen LogP contribution in [0.4, 0.5) is 0 Å². The fourth-order valence-electron chi connectivity index (χ4n) is 1.71. The van der Waals surface area contributed by atoms with Crippen LogP contribution in [0.25, 0.3) is 0 Å². The first-order chi connectivity index (χ1) is 6.20. The third kappa shape index (κ3) is 8.26. The van der Waals surface area contributed by atoms with Gasteiger partial charge in [-0.25, -0.2) is 0 Å². The van der Waals surface area contributed by atoms with E-state index >= 15 is 0 Å². The third-order valence-electron chi connectivity index (χ3n) is 2.51. The van der Waals surface area contributed by atoms with Gasteiger partial charge in [0.25, 0.3) is 0 Å². The van der Waals surface area contributed by atoms with Gasteiger partial charge >= 0.3 is 0 Å². The standard InChI is InChI=1S/C11H25NO/c1-3-5-7-10(8-6-4-2)9-11(12)13/h10-11,13H,3-9,12H2,1-2H3. The molecular formula is C11H25NO. The van der Waals surface area contributed by atoms with Gasteiger partial charge in [0.1, 0.15) is 6.23 Å². The summed E-state index contributed by atoms with van der Waals surface area (Å²) in [7, 11) is 0. The normalized spacial score (nSPS) is 13.6. The second-order valence-electron chi connectivity index (χ2n) is 3.95. The molecule has 0 aromatic rings. The van der Waals surface area contributed by atoms with E-state index in [0.717, 1.165) is 6.42 Å². The second kappa shape index (κ2) is 8.52. The highest BCUT2D eigenvalue weighted by atomic mass is 16.3. The van der Waals surface area contributed by atoms with E-state index in [0.29, 0.717) is 5.92 Å². The zero-order chi connectivity index (χ0) is 10.1. The van der Waals surface area contributed by atoms with Gasteiger partial charge in [0.2, 0.25) is 0 Å². The second-order valence-corrected chi connectivity index (χ2v) is 3.95. The predicted molar refractivity (Wildman–Crippen MR) is 57.4 cm³/mol. The molecule has 2 nitrogen and oxygen atoms in total. The highest BCUT2D eigenvalue weighted by Crippen LogP contribution is 2.20. The molecule has 1 unspecified atom stereocenters. The lowest BCUT2D eigenvalue weighted by Crippen LogP contribution is -2.22. The maximum atomic E-state index is 9.10. The Morgan fingerprint density at radius 3 is 1.85 bits per heavy atom. The minimum atomic E-state index is -0.612. The molecule has 0 aliphatic carbocycles. The van der Waals surface area contributed by atoms with Crippen molar-refractivity contribution in [3.8, 4) is 0 Å². The number of aliphatic hydroxyl groups excluding tert-OH is 1. The summed E-state index contributed by atoms with van der Waals surface area (Å²) < 4.78 is 0. The maximum absolute atomic E-state index is 9.10. The number of nitrogens with two attached hydrogens (primary N) is 1. The SMILES string of the molecule is CCCCC(CCCC)CC(N)O. The van der Waals surface area contributed by atoms with E-state index in [1.54, 1.807) is 0 Å². The van der Waals surface area contributed by atoms with Crippen LogP contribution in [0.15, 0.2) is 0 Å². The van der Waals surface area contributed by atoms with Gasteiger partial charge in [0, 0.05) is 0 Å². The zero-order valence-corrected chi connectivity index (χ0v) is 9.13. The molecule has 1 atom stereocenters. The van der Waals surface area contributed by atoms with Gasteiger partial charge in [-0.05, 0) is 12.3 Å². The van der Waals surface area contributed by atoms with Crippen molar-refractivity contribution in [2.45, 2.75) is 65.0 Å². The lowest BCUT2D eigenvalue weighted by molar-refractivity contribution is 0.142. The van der Waals surface area contributed by atoms with Crippen molar-refractivity contribution in [2.24, 2.45) is 11.7 Å². The lowest BCUT2D eigenvalue weighted by Gasteiger charge is -2.17. The largest absolute Gasteiger partial charge is 0.379 e. The summed E-state index contributed by atoms with van der Waals surface area (Å²) in [6, 6.07) is 0. The van der Waals surface area contributed by atoms with E-state index in [1.807, 2.05) is 0 Å². The Kier molecular flexibility index (Phi) is 8.46. The molecule has 0 amide bonds. The molecule has 0 saturated heterocycles. The Morgan fingerprint density at radius 1 is 1.08 bits per heavy atom. The van der Waals surface area contributed by atoms with E-state index in [2.05, 4.69) is 13.8 Å². The van der Waals surface area contributed by atoms with Crippen LogP contribution in [0.3, 0.4) is 0 Å².